The molecule has 0 aliphatic carbocycles. The minimum Gasteiger partial charge on any atom is -0.507 e. The molecule has 0 bridgehead atoms. The van der Waals surface area contributed by atoms with E-state index in [0.29, 0.717) is 34.2 Å². The molecule has 34 heavy (non-hydrogen) atoms. The van der Waals surface area contributed by atoms with E-state index in [4.69, 9.17) is 14.2 Å². The fourth-order valence-corrected chi connectivity index (χ4v) is 4.50. The number of hydrogen-bond acceptors (Lipinski definition) is 7. The lowest BCUT2D eigenvalue weighted by atomic mass is 9.95. The number of aryl methyl sites for hydroxylation is 2. The summed E-state index contributed by atoms with van der Waals surface area (Å²) in [5.74, 6) is -0.464. The van der Waals surface area contributed by atoms with Crippen molar-refractivity contribution < 1.29 is 28.9 Å². The average Bonchev–Trinajstić information content (AvgIpc) is 3.40. The van der Waals surface area contributed by atoms with Crippen molar-refractivity contribution in [1.29, 1.82) is 0 Å². The zero-order valence-electron chi connectivity index (χ0n) is 18.9. The second kappa shape index (κ2) is 8.22. The molecule has 5 rings (SSSR count). The van der Waals surface area contributed by atoms with Gasteiger partial charge in [-0.2, -0.15) is 0 Å². The number of anilines is 1. The molecule has 1 fully saturated rings. The summed E-state index contributed by atoms with van der Waals surface area (Å²) in [6.07, 6.45) is 1.58. The summed E-state index contributed by atoms with van der Waals surface area (Å²) in [7, 11) is 1.50. The molecule has 1 saturated heterocycles. The van der Waals surface area contributed by atoms with Gasteiger partial charge in [-0.05, 0) is 55.3 Å². The molecule has 2 aromatic carbocycles. The quantitative estimate of drug-likeness (QED) is 0.358. The predicted octanol–water partition coefficient (Wildman–Crippen LogP) is 4.06. The summed E-state index contributed by atoms with van der Waals surface area (Å²) >= 11 is 0. The van der Waals surface area contributed by atoms with Crippen molar-refractivity contribution in [3.05, 3.63) is 82.7 Å². The first kappa shape index (κ1) is 21.5. The molecule has 8 heteroatoms. The number of pyridine rings is 1. The lowest BCUT2D eigenvalue weighted by Gasteiger charge is -2.25. The number of hydrogen-bond donors (Lipinski definition) is 1. The minimum atomic E-state index is -0.952. The first-order chi connectivity index (χ1) is 16.4. The van der Waals surface area contributed by atoms with E-state index in [2.05, 4.69) is 4.98 Å². The van der Waals surface area contributed by atoms with Gasteiger partial charge in [0.15, 0.2) is 11.5 Å². The maximum Gasteiger partial charge on any atom is 0.300 e. The summed E-state index contributed by atoms with van der Waals surface area (Å²) in [6.45, 7) is 3.81. The van der Waals surface area contributed by atoms with Gasteiger partial charge in [0.25, 0.3) is 11.7 Å². The molecule has 1 atom stereocenters. The smallest absolute Gasteiger partial charge is 0.300 e. The molecule has 3 aromatic rings. The molecular weight excluding hydrogens is 436 g/mol. The first-order valence-electron chi connectivity index (χ1n) is 10.7. The number of carbonyl (C=O) groups is 2. The van der Waals surface area contributed by atoms with Crippen LogP contribution < -0.4 is 19.1 Å². The molecule has 0 radical (unpaired) electrons. The Morgan fingerprint density at radius 2 is 1.88 bits per heavy atom. The zero-order valence-corrected chi connectivity index (χ0v) is 18.9. The molecule has 1 N–H and O–H groups in total. The summed E-state index contributed by atoms with van der Waals surface area (Å²) in [4.78, 5) is 32.4. The van der Waals surface area contributed by atoms with E-state index in [1.54, 1.807) is 48.7 Å². The number of rotatable bonds is 4. The molecule has 3 heterocycles. The maximum atomic E-state index is 13.4. The number of carbonyl (C=O) groups excluding carboxylic acids is 2. The number of aliphatic hydroxyl groups excluding tert-OH is 1. The van der Waals surface area contributed by atoms with Crippen LogP contribution in [0.25, 0.3) is 5.76 Å². The number of fused-ring (bicyclic) bond motifs is 1. The molecular formula is C26H22N2O6. The Morgan fingerprint density at radius 1 is 1.09 bits per heavy atom. The van der Waals surface area contributed by atoms with E-state index in [9.17, 15) is 14.7 Å². The normalized spacial score (nSPS) is 18.4. The van der Waals surface area contributed by atoms with Crippen LogP contribution in [0.2, 0.25) is 0 Å². The SMILES string of the molecule is COc1c(C)cc(C)cc1/C(O)=C1\C(=O)C(=O)N(c2ccc3c(c2)OCO3)C1c1ccccn1. The Hall–Kier alpha value is -4.33. The second-order valence-electron chi connectivity index (χ2n) is 8.12. The van der Waals surface area contributed by atoms with E-state index in [1.165, 1.54) is 12.0 Å². The maximum absolute atomic E-state index is 13.4. The molecule has 0 saturated carbocycles. The van der Waals surface area contributed by atoms with Crippen molar-refractivity contribution >= 4 is 23.1 Å². The van der Waals surface area contributed by atoms with Gasteiger partial charge < -0.3 is 19.3 Å². The summed E-state index contributed by atoms with van der Waals surface area (Å²) in [5.41, 5.74) is 2.80. The fourth-order valence-electron chi connectivity index (χ4n) is 4.50. The number of nitrogens with zero attached hydrogens (tertiary/aromatic N) is 2. The van der Waals surface area contributed by atoms with Gasteiger partial charge in [0.2, 0.25) is 6.79 Å². The molecule has 1 unspecified atom stereocenters. The number of amides is 1. The topological polar surface area (TPSA) is 98.2 Å². The van der Waals surface area contributed by atoms with Crippen molar-refractivity contribution in [3.63, 3.8) is 0 Å². The van der Waals surface area contributed by atoms with Gasteiger partial charge in [-0.15, -0.1) is 0 Å². The lowest BCUT2D eigenvalue weighted by Crippen LogP contribution is -2.29. The van der Waals surface area contributed by atoms with Crippen LogP contribution in [0.15, 0.2) is 60.3 Å². The van der Waals surface area contributed by atoms with Crippen LogP contribution >= 0.6 is 0 Å². The van der Waals surface area contributed by atoms with Crippen LogP contribution in [0.3, 0.4) is 0 Å². The summed E-state index contributed by atoms with van der Waals surface area (Å²) in [6, 6.07) is 12.9. The van der Waals surface area contributed by atoms with Crippen LogP contribution in [-0.2, 0) is 9.59 Å². The largest absolute Gasteiger partial charge is 0.507 e. The van der Waals surface area contributed by atoms with Crippen molar-refractivity contribution in [2.24, 2.45) is 0 Å². The molecule has 172 valence electrons. The van der Waals surface area contributed by atoms with Crippen molar-refractivity contribution in [3.8, 4) is 17.2 Å². The van der Waals surface area contributed by atoms with Crippen molar-refractivity contribution in [2.45, 2.75) is 19.9 Å². The van der Waals surface area contributed by atoms with Gasteiger partial charge >= 0.3 is 0 Å². The van der Waals surface area contributed by atoms with Gasteiger partial charge in [0, 0.05) is 18.0 Å². The molecule has 0 spiro atoms. The Labute approximate surface area is 196 Å². The zero-order chi connectivity index (χ0) is 24.0. The highest BCUT2D eigenvalue weighted by atomic mass is 16.7. The monoisotopic (exact) mass is 458 g/mol. The molecule has 2 aliphatic heterocycles. The van der Waals surface area contributed by atoms with E-state index in [0.717, 1.165) is 11.1 Å². The third kappa shape index (κ3) is 3.35. The molecule has 1 aromatic heterocycles. The minimum absolute atomic E-state index is 0.0651. The van der Waals surface area contributed by atoms with Crippen LogP contribution in [0.4, 0.5) is 5.69 Å². The van der Waals surface area contributed by atoms with E-state index >= 15 is 0 Å². The van der Waals surface area contributed by atoms with Gasteiger partial charge in [-0.25, -0.2) is 0 Å². The van der Waals surface area contributed by atoms with Crippen LogP contribution in [0.5, 0.6) is 17.2 Å². The van der Waals surface area contributed by atoms with Crippen LogP contribution in [0.1, 0.15) is 28.4 Å². The third-order valence-electron chi connectivity index (χ3n) is 5.92. The first-order valence-corrected chi connectivity index (χ1v) is 10.7. The predicted molar refractivity (Wildman–Crippen MR) is 124 cm³/mol. The molecule has 2 aliphatic rings. The highest BCUT2D eigenvalue weighted by molar-refractivity contribution is 6.51. The van der Waals surface area contributed by atoms with Crippen molar-refractivity contribution in [1.82, 2.24) is 4.98 Å². The van der Waals surface area contributed by atoms with Crippen LogP contribution in [0, 0.1) is 13.8 Å². The number of methoxy groups -OCH3 is 1. The van der Waals surface area contributed by atoms with E-state index in [1.807, 2.05) is 19.9 Å². The highest BCUT2D eigenvalue weighted by Gasteiger charge is 2.48. The van der Waals surface area contributed by atoms with E-state index < -0.39 is 17.7 Å². The van der Waals surface area contributed by atoms with E-state index in [-0.39, 0.29) is 18.1 Å². The second-order valence-corrected chi connectivity index (χ2v) is 8.12. The highest BCUT2D eigenvalue weighted by Crippen LogP contribution is 2.45. The lowest BCUT2D eigenvalue weighted by molar-refractivity contribution is -0.132. The number of benzene rings is 2. The molecule has 1 amide bonds. The van der Waals surface area contributed by atoms with Gasteiger partial charge in [0.1, 0.15) is 17.6 Å². The summed E-state index contributed by atoms with van der Waals surface area (Å²) in [5, 5.41) is 11.4. The Balaban J connectivity index is 1.74. The van der Waals surface area contributed by atoms with Gasteiger partial charge in [-0.1, -0.05) is 12.1 Å². The standard InChI is InChI=1S/C26H22N2O6/c1-14-10-15(2)25(32-3)17(11-14)23(29)21-22(18-6-4-5-9-27-18)28(26(31)24(21)30)16-7-8-19-20(12-16)34-13-33-19/h4-12,22,29H,13H2,1-3H3/b23-21+. The Kier molecular flexibility index (Phi) is 5.20. The summed E-state index contributed by atoms with van der Waals surface area (Å²) < 4.78 is 16.4. The average molecular weight is 458 g/mol. The number of ether oxygens (including phenoxy) is 3. The number of aromatic nitrogens is 1. The number of ketones is 1. The Morgan fingerprint density at radius 3 is 2.62 bits per heavy atom. The van der Waals surface area contributed by atoms with Gasteiger partial charge in [0.05, 0.1) is 23.9 Å². The van der Waals surface area contributed by atoms with Crippen LogP contribution in [-0.4, -0.2) is 35.7 Å². The number of aliphatic hydroxyl groups is 1. The fraction of sp³-hybridized carbons (Fsp3) is 0.192. The third-order valence-corrected chi connectivity index (χ3v) is 5.92. The molecule has 8 nitrogen and oxygen atoms in total. The van der Waals surface area contributed by atoms with Gasteiger partial charge in [-0.3, -0.25) is 19.5 Å². The Bertz CT molecular complexity index is 1350. The number of Topliss-reactive ketones (excluding diaryl/α,β-unsaturated/α-hetero) is 1. The van der Waals surface area contributed by atoms with Crippen molar-refractivity contribution in [2.75, 3.05) is 18.8 Å².